The molecule has 17 heavy (non-hydrogen) atoms. The van der Waals surface area contributed by atoms with Crippen LogP contribution in [0.2, 0.25) is 0 Å². The Hall–Kier alpha value is -1.55. The van der Waals surface area contributed by atoms with Crippen molar-refractivity contribution in [2.45, 2.75) is 31.7 Å². The summed E-state index contributed by atoms with van der Waals surface area (Å²) in [5, 5.41) is 3.25. The van der Waals surface area contributed by atoms with Gasteiger partial charge in [0.2, 0.25) is 0 Å². The zero-order valence-corrected chi connectivity index (χ0v) is 10.1. The molecule has 4 heteroatoms. The Balaban J connectivity index is 2.13. The number of carbonyl (C=O) groups excluding carboxylic acids is 1. The molecule has 1 saturated carbocycles. The van der Waals surface area contributed by atoms with Crippen LogP contribution in [0.4, 0.5) is 5.69 Å². The van der Waals surface area contributed by atoms with Gasteiger partial charge in [0.25, 0.3) is 5.91 Å². The molecule has 5 N–H and O–H groups in total. The number of aryl methyl sites for hydroxylation is 1. The van der Waals surface area contributed by atoms with Gasteiger partial charge >= 0.3 is 0 Å². The van der Waals surface area contributed by atoms with Gasteiger partial charge in [-0.05, 0) is 43.9 Å². The largest absolute Gasteiger partial charge is 0.383 e. The maximum absolute atomic E-state index is 11.3. The van der Waals surface area contributed by atoms with Gasteiger partial charge in [-0.1, -0.05) is 6.07 Å². The number of hydrogen-bond acceptors (Lipinski definition) is 3. The smallest absolute Gasteiger partial charge is 0.250 e. The number of amides is 1. The molecule has 1 aliphatic rings. The highest BCUT2D eigenvalue weighted by Crippen LogP contribution is 2.29. The Morgan fingerprint density at radius 2 is 2.18 bits per heavy atom. The number of rotatable bonds is 4. The minimum absolute atomic E-state index is 0.112. The number of carbonyl (C=O) groups is 1. The molecule has 92 valence electrons. The minimum atomic E-state index is -0.410. The van der Waals surface area contributed by atoms with Crippen molar-refractivity contribution in [2.24, 2.45) is 11.5 Å². The van der Waals surface area contributed by atoms with Crippen molar-refractivity contribution in [3.63, 3.8) is 0 Å². The molecule has 0 bridgehead atoms. The Kier molecular flexibility index (Phi) is 3.07. The summed E-state index contributed by atoms with van der Waals surface area (Å²) in [7, 11) is 0. The predicted octanol–water partition coefficient (Wildman–Crippen LogP) is 1.39. The quantitative estimate of drug-likeness (QED) is 0.735. The van der Waals surface area contributed by atoms with E-state index in [0.717, 1.165) is 24.1 Å². The molecule has 1 aromatic carbocycles. The molecule has 1 fully saturated rings. The average Bonchev–Trinajstić information content (AvgIpc) is 2.23. The maximum Gasteiger partial charge on any atom is 0.250 e. The lowest BCUT2D eigenvalue weighted by molar-refractivity contribution is 0.100. The second kappa shape index (κ2) is 4.37. The summed E-state index contributed by atoms with van der Waals surface area (Å²) >= 11 is 0. The molecule has 0 spiro atoms. The van der Waals surface area contributed by atoms with E-state index in [4.69, 9.17) is 11.5 Å². The van der Waals surface area contributed by atoms with E-state index in [9.17, 15) is 4.79 Å². The number of benzene rings is 1. The highest BCUT2D eigenvalue weighted by atomic mass is 16.1. The normalized spacial score (nSPS) is 17.3. The third-order valence-electron chi connectivity index (χ3n) is 3.42. The van der Waals surface area contributed by atoms with Crippen molar-refractivity contribution >= 4 is 11.6 Å². The average molecular weight is 233 g/mol. The molecule has 1 amide bonds. The van der Waals surface area contributed by atoms with E-state index in [-0.39, 0.29) is 5.54 Å². The zero-order chi connectivity index (χ0) is 12.5. The fourth-order valence-electron chi connectivity index (χ4n) is 2.10. The van der Waals surface area contributed by atoms with Gasteiger partial charge in [0, 0.05) is 17.8 Å². The van der Waals surface area contributed by atoms with Crippen LogP contribution >= 0.6 is 0 Å². The fourth-order valence-corrected chi connectivity index (χ4v) is 2.10. The first kappa shape index (κ1) is 11.9. The lowest BCUT2D eigenvalue weighted by atomic mass is 9.77. The molecule has 2 rings (SSSR count). The highest BCUT2D eigenvalue weighted by molar-refractivity contribution is 5.98. The van der Waals surface area contributed by atoms with Crippen LogP contribution in [0, 0.1) is 6.92 Å². The second-order valence-electron chi connectivity index (χ2n) is 4.98. The van der Waals surface area contributed by atoms with Gasteiger partial charge in [0.05, 0.1) is 5.56 Å². The van der Waals surface area contributed by atoms with E-state index in [1.54, 1.807) is 6.07 Å². The first-order valence-electron chi connectivity index (χ1n) is 5.93. The Morgan fingerprint density at radius 1 is 1.47 bits per heavy atom. The lowest BCUT2D eigenvalue weighted by Gasteiger charge is -2.38. The van der Waals surface area contributed by atoms with Gasteiger partial charge in [-0.25, -0.2) is 0 Å². The first-order chi connectivity index (χ1) is 8.00. The summed E-state index contributed by atoms with van der Waals surface area (Å²) in [6, 6.07) is 5.57. The lowest BCUT2D eigenvalue weighted by Crippen LogP contribution is -2.52. The molecule has 4 nitrogen and oxygen atoms in total. The minimum Gasteiger partial charge on any atom is -0.383 e. The number of nitrogens with one attached hydrogen (secondary N) is 1. The van der Waals surface area contributed by atoms with E-state index in [1.807, 2.05) is 19.1 Å². The molecule has 0 saturated heterocycles. The molecule has 0 unspecified atom stereocenters. The number of nitrogens with two attached hydrogens (primary N) is 2. The highest BCUT2D eigenvalue weighted by Gasteiger charge is 2.32. The van der Waals surface area contributed by atoms with Crippen LogP contribution in [0.5, 0.6) is 0 Å². The van der Waals surface area contributed by atoms with E-state index in [1.165, 1.54) is 6.42 Å². The summed E-state index contributed by atoms with van der Waals surface area (Å²) in [5.41, 5.74) is 13.8. The molecular formula is C13H19N3O. The summed E-state index contributed by atoms with van der Waals surface area (Å²) in [5.74, 6) is -0.410. The molecule has 0 atom stereocenters. The number of primary amides is 1. The van der Waals surface area contributed by atoms with Crippen LogP contribution in [-0.2, 0) is 0 Å². The topological polar surface area (TPSA) is 81.1 Å². The van der Waals surface area contributed by atoms with Crippen molar-refractivity contribution in [1.82, 2.24) is 0 Å². The van der Waals surface area contributed by atoms with Crippen molar-refractivity contribution in [2.75, 3.05) is 11.9 Å². The van der Waals surface area contributed by atoms with Crippen LogP contribution in [0.15, 0.2) is 18.2 Å². The third-order valence-corrected chi connectivity index (χ3v) is 3.42. The SMILES string of the molecule is Cc1ccc(C(N)=O)c(NCC2(N)CCC2)c1. The summed E-state index contributed by atoms with van der Waals surface area (Å²) in [6.07, 6.45) is 3.27. The molecule has 0 radical (unpaired) electrons. The van der Waals surface area contributed by atoms with Crippen LogP contribution in [0.1, 0.15) is 35.2 Å². The Morgan fingerprint density at radius 3 is 2.71 bits per heavy atom. The second-order valence-corrected chi connectivity index (χ2v) is 4.98. The van der Waals surface area contributed by atoms with Crippen molar-refractivity contribution in [3.05, 3.63) is 29.3 Å². The van der Waals surface area contributed by atoms with E-state index >= 15 is 0 Å². The number of anilines is 1. The fraction of sp³-hybridized carbons (Fsp3) is 0.462. The number of hydrogen-bond donors (Lipinski definition) is 3. The monoisotopic (exact) mass is 233 g/mol. The Labute approximate surface area is 101 Å². The van der Waals surface area contributed by atoms with Crippen LogP contribution in [0.25, 0.3) is 0 Å². The van der Waals surface area contributed by atoms with Crippen LogP contribution in [0.3, 0.4) is 0 Å². The molecule has 0 aromatic heterocycles. The van der Waals surface area contributed by atoms with E-state index in [2.05, 4.69) is 5.32 Å². The third kappa shape index (κ3) is 2.58. The van der Waals surface area contributed by atoms with Gasteiger partial charge in [-0.15, -0.1) is 0 Å². The molecule has 1 aliphatic carbocycles. The zero-order valence-electron chi connectivity index (χ0n) is 10.1. The van der Waals surface area contributed by atoms with Gasteiger partial charge in [-0.2, -0.15) is 0 Å². The van der Waals surface area contributed by atoms with Gasteiger partial charge in [0.1, 0.15) is 0 Å². The van der Waals surface area contributed by atoms with Crippen molar-refractivity contribution in [3.8, 4) is 0 Å². The van der Waals surface area contributed by atoms with Crippen molar-refractivity contribution < 1.29 is 4.79 Å². The summed E-state index contributed by atoms with van der Waals surface area (Å²) in [4.78, 5) is 11.3. The van der Waals surface area contributed by atoms with Crippen LogP contribution in [-0.4, -0.2) is 18.0 Å². The Bertz CT molecular complexity index is 438. The van der Waals surface area contributed by atoms with Crippen LogP contribution < -0.4 is 16.8 Å². The van der Waals surface area contributed by atoms with Gasteiger partial charge in [-0.3, -0.25) is 4.79 Å². The predicted molar refractivity (Wildman–Crippen MR) is 69.0 cm³/mol. The molecular weight excluding hydrogens is 214 g/mol. The van der Waals surface area contributed by atoms with Crippen molar-refractivity contribution in [1.29, 1.82) is 0 Å². The summed E-state index contributed by atoms with van der Waals surface area (Å²) < 4.78 is 0. The standard InChI is InChI=1S/C13H19N3O/c1-9-3-4-10(12(14)17)11(7-9)16-8-13(15)5-2-6-13/h3-4,7,16H,2,5-6,8,15H2,1H3,(H2,14,17). The van der Waals surface area contributed by atoms with Gasteiger partial charge < -0.3 is 16.8 Å². The molecule has 0 heterocycles. The van der Waals surface area contributed by atoms with E-state index in [0.29, 0.717) is 12.1 Å². The van der Waals surface area contributed by atoms with E-state index < -0.39 is 5.91 Å². The molecule has 0 aliphatic heterocycles. The van der Waals surface area contributed by atoms with Gasteiger partial charge in [0.15, 0.2) is 0 Å². The maximum atomic E-state index is 11.3. The first-order valence-corrected chi connectivity index (χ1v) is 5.93. The summed E-state index contributed by atoms with van der Waals surface area (Å²) in [6.45, 7) is 2.67. The molecule has 1 aromatic rings.